The summed E-state index contributed by atoms with van der Waals surface area (Å²) in [5, 5.41) is 0. The third-order valence-corrected chi connectivity index (χ3v) is 18.3. The second-order valence-corrected chi connectivity index (χ2v) is 21.6. The predicted molar refractivity (Wildman–Crippen MR) is 183 cm³/mol. The smallest absolute Gasteiger partial charge is 1.00 e. The van der Waals surface area contributed by atoms with E-state index in [-0.39, 0.29) is 41.1 Å². The molecule has 7 rings (SSSR count). The zero-order valence-electron chi connectivity index (χ0n) is 28.5. The Balaban J connectivity index is 0.00000200. The van der Waals surface area contributed by atoms with Crippen LogP contribution in [0.5, 0.6) is 0 Å². The number of hydrogen-bond acceptors (Lipinski definition) is 0. The molecule has 45 heavy (non-hydrogen) atoms. The van der Waals surface area contributed by atoms with E-state index >= 15 is 0 Å². The van der Waals surface area contributed by atoms with Crippen LogP contribution in [0.4, 0.5) is 0 Å². The average Bonchev–Trinajstić information content (AvgIpc) is 3.60. The molecule has 0 saturated carbocycles. The van der Waals surface area contributed by atoms with Crippen molar-refractivity contribution in [3.63, 3.8) is 0 Å². The van der Waals surface area contributed by atoms with E-state index in [1.165, 1.54) is 55.7 Å². The monoisotopic (exact) mass is 710 g/mol. The van der Waals surface area contributed by atoms with Gasteiger partial charge in [-0.3, -0.25) is 0 Å². The van der Waals surface area contributed by atoms with Gasteiger partial charge in [-0.1, -0.05) is 0 Å². The number of rotatable bonds is 3. The Morgan fingerprint density at radius 2 is 1.20 bits per heavy atom. The molecule has 0 fully saturated rings. The molecule has 4 aliphatic rings. The largest absolute Gasteiger partial charge is 1.00 e. The summed E-state index contributed by atoms with van der Waals surface area (Å²) in [6.45, 7) is 23.8. The van der Waals surface area contributed by atoms with Crippen molar-refractivity contribution in [3.8, 4) is 11.1 Å². The van der Waals surface area contributed by atoms with Crippen molar-refractivity contribution in [2.24, 2.45) is 11.3 Å². The van der Waals surface area contributed by atoms with Crippen molar-refractivity contribution in [3.05, 3.63) is 127 Å². The van der Waals surface area contributed by atoms with Gasteiger partial charge in [-0.25, -0.2) is 0 Å². The molecule has 0 bridgehead atoms. The van der Waals surface area contributed by atoms with Crippen LogP contribution in [-0.2, 0) is 32.1 Å². The molecule has 0 amide bonds. The quantitative estimate of drug-likeness (QED) is 0.354. The second-order valence-electron chi connectivity index (χ2n) is 15.8. The van der Waals surface area contributed by atoms with Crippen LogP contribution in [0, 0.1) is 11.3 Å². The van der Waals surface area contributed by atoms with E-state index in [0.29, 0.717) is 9.54 Å². The van der Waals surface area contributed by atoms with E-state index in [1.807, 2.05) is 0 Å². The van der Waals surface area contributed by atoms with E-state index < -0.39 is 21.3 Å². The normalized spacial score (nSPS) is 20.2. The summed E-state index contributed by atoms with van der Waals surface area (Å²) >= 11 is -2.55. The first-order valence-corrected chi connectivity index (χ1v) is 20.2. The molecule has 0 heterocycles. The van der Waals surface area contributed by atoms with Gasteiger partial charge in [-0.05, 0) is 0 Å². The molecule has 3 aromatic rings. The summed E-state index contributed by atoms with van der Waals surface area (Å²) in [6, 6.07) is 21.7. The molecule has 3 heteroatoms. The summed E-state index contributed by atoms with van der Waals surface area (Å²) in [7, 11) is 0. The maximum absolute atomic E-state index is 2.78. The predicted octanol–water partition coefficient (Wildman–Crippen LogP) is 5.13. The molecular formula is C42H46Cl2Zr. The van der Waals surface area contributed by atoms with Gasteiger partial charge in [0.15, 0.2) is 0 Å². The maximum Gasteiger partial charge on any atom is -1.00 e. The molecule has 0 N–H and O–H groups in total. The van der Waals surface area contributed by atoms with E-state index in [2.05, 4.69) is 152 Å². The Morgan fingerprint density at radius 1 is 0.711 bits per heavy atom. The number of benzene rings is 3. The first-order valence-electron chi connectivity index (χ1n) is 16.1. The summed E-state index contributed by atoms with van der Waals surface area (Å²) in [5.41, 5.74) is 18.1. The van der Waals surface area contributed by atoms with E-state index in [1.54, 1.807) is 14.4 Å². The number of hydrogen-bond donors (Lipinski definition) is 0. The van der Waals surface area contributed by atoms with Gasteiger partial charge in [0, 0.05) is 0 Å². The molecule has 0 nitrogen and oxygen atoms in total. The molecule has 1 unspecified atom stereocenters. The summed E-state index contributed by atoms with van der Waals surface area (Å²) in [4.78, 5) is 0. The van der Waals surface area contributed by atoms with Crippen LogP contribution in [0.25, 0.3) is 22.3 Å². The van der Waals surface area contributed by atoms with Crippen molar-refractivity contribution >= 4 is 14.9 Å². The van der Waals surface area contributed by atoms with Gasteiger partial charge < -0.3 is 24.8 Å². The van der Waals surface area contributed by atoms with Crippen LogP contribution < -0.4 is 24.8 Å². The molecule has 3 aromatic carbocycles. The van der Waals surface area contributed by atoms with Crippen LogP contribution in [0.1, 0.15) is 112 Å². The van der Waals surface area contributed by atoms with Crippen molar-refractivity contribution in [2.45, 2.75) is 83.7 Å². The third-order valence-electron chi connectivity index (χ3n) is 10.5. The fourth-order valence-corrected chi connectivity index (χ4v) is 16.5. The van der Waals surface area contributed by atoms with Crippen molar-refractivity contribution in [2.75, 3.05) is 0 Å². The minimum atomic E-state index is -2.55. The molecule has 0 spiro atoms. The Labute approximate surface area is 291 Å². The standard InChI is InChI=1S/C25H25.C10H15.C7H6.2ClH.Zr/c1-14-12-24(3,4)22-8-16-7-17-9-23-19(15(2)13-25(23,5)6)11-21(17)20(16)10-18(14)22;1-8-5-6-9(7-8)10(2,3)4;1-7-5-3-2-4-6-7;;;/h7-13H,1-6H3;6-8H,1-4H3;1-6H;2*1H;/q;;;;;+2/p-2. The zero-order chi connectivity index (χ0) is 30.6. The van der Waals surface area contributed by atoms with E-state index in [9.17, 15) is 0 Å². The van der Waals surface area contributed by atoms with Crippen LogP contribution in [0.2, 0.25) is 0 Å². The van der Waals surface area contributed by atoms with Gasteiger partial charge >= 0.3 is 269 Å². The summed E-state index contributed by atoms with van der Waals surface area (Å²) < 4.78 is 4.97. The van der Waals surface area contributed by atoms with Crippen molar-refractivity contribution < 1.29 is 46.1 Å². The first kappa shape index (κ1) is 34.3. The molecule has 232 valence electrons. The third kappa shape index (κ3) is 5.54. The maximum atomic E-state index is 2.78. The van der Waals surface area contributed by atoms with Gasteiger partial charge in [0.05, 0.1) is 0 Å². The van der Waals surface area contributed by atoms with Gasteiger partial charge in [0.2, 0.25) is 0 Å². The fourth-order valence-electron chi connectivity index (χ4n) is 8.37. The Hall–Kier alpha value is -2.05. The van der Waals surface area contributed by atoms with Gasteiger partial charge in [-0.2, -0.15) is 0 Å². The summed E-state index contributed by atoms with van der Waals surface area (Å²) in [6.07, 6.45) is 10.2. The van der Waals surface area contributed by atoms with Crippen molar-refractivity contribution in [1.82, 2.24) is 0 Å². The number of allylic oxidation sites excluding steroid dienone is 8. The van der Waals surface area contributed by atoms with Crippen LogP contribution in [-0.4, -0.2) is 3.71 Å². The zero-order valence-corrected chi connectivity index (χ0v) is 32.5. The minimum Gasteiger partial charge on any atom is -1.00 e. The van der Waals surface area contributed by atoms with Gasteiger partial charge in [0.25, 0.3) is 0 Å². The molecule has 0 saturated heterocycles. The van der Waals surface area contributed by atoms with Crippen molar-refractivity contribution in [1.29, 1.82) is 0 Å². The molecular weight excluding hydrogens is 667 g/mol. The van der Waals surface area contributed by atoms with E-state index in [0.717, 1.165) is 0 Å². The Morgan fingerprint density at radius 3 is 1.64 bits per heavy atom. The first-order chi connectivity index (χ1) is 20.2. The average molecular weight is 713 g/mol. The van der Waals surface area contributed by atoms with E-state index in [4.69, 9.17) is 0 Å². The molecule has 0 aromatic heterocycles. The fraction of sp³-hybridized carbons (Fsp3) is 0.357. The van der Waals surface area contributed by atoms with Crippen LogP contribution >= 0.6 is 0 Å². The Kier molecular flexibility index (Phi) is 8.82. The number of fused-ring (bicyclic) bond motifs is 5. The van der Waals surface area contributed by atoms with Gasteiger partial charge in [0.1, 0.15) is 0 Å². The van der Waals surface area contributed by atoms with Crippen LogP contribution in [0.3, 0.4) is 0 Å². The second kappa shape index (κ2) is 11.6. The van der Waals surface area contributed by atoms with Crippen LogP contribution in [0.15, 0.2) is 87.8 Å². The summed E-state index contributed by atoms with van der Waals surface area (Å²) in [5.74, 6) is 0.487. The Bertz CT molecular complexity index is 1780. The molecule has 0 radical (unpaired) electrons. The topological polar surface area (TPSA) is 0 Å². The molecule has 1 atom stereocenters. The van der Waals surface area contributed by atoms with Gasteiger partial charge in [-0.15, -0.1) is 0 Å². The molecule has 0 aliphatic heterocycles. The number of halogens is 2. The minimum absolute atomic E-state index is 0. The molecule has 4 aliphatic carbocycles. The SMILES string of the molecule is CC1=CC(C)(C)c2cc3c(cc21)-c1cc2c(cc1[CH]3/[Zr+2](=[CH]/c1ccccc1)[C]1=CC(C(C)(C)C)=CC1C)C(C)(C)C=C2C.[Cl-].[Cl-].